The average Bonchev–Trinajstić information content (AvgIpc) is 3.53. The summed E-state index contributed by atoms with van der Waals surface area (Å²) in [6.45, 7) is 4.91. The van der Waals surface area contributed by atoms with Crippen molar-refractivity contribution in [2.24, 2.45) is 16.9 Å². The van der Waals surface area contributed by atoms with E-state index in [0.29, 0.717) is 17.5 Å². The topological polar surface area (TPSA) is 50.5 Å². The fourth-order valence-corrected chi connectivity index (χ4v) is 6.34. The number of rotatable bonds is 4. The maximum atomic E-state index is 13.6. The quantitative estimate of drug-likeness (QED) is 0.445. The summed E-state index contributed by atoms with van der Waals surface area (Å²) >= 11 is 9.77. The lowest BCUT2D eigenvalue weighted by Gasteiger charge is -2.31. The molecule has 5 rings (SSSR count). The normalized spacial score (nSPS) is 24.5. The van der Waals surface area contributed by atoms with Gasteiger partial charge in [-0.05, 0) is 60.2 Å². The van der Waals surface area contributed by atoms with E-state index in [-0.39, 0.29) is 23.6 Å². The molecule has 0 radical (unpaired) electrons. The molecule has 3 aromatic heterocycles. The van der Waals surface area contributed by atoms with E-state index in [1.165, 1.54) is 10.5 Å². The van der Waals surface area contributed by atoms with Crippen LogP contribution in [-0.4, -0.2) is 26.4 Å². The number of hydrogen-bond acceptors (Lipinski definition) is 5. The van der Waals surface area contributed by atoms with E-state index in [0.717, 1.165) is 23.4 Å². The molecule has 2 aliphatic rings. The summed E-state index contributed by atoms with van der Waals surface area (Å²) < 4.78 is 1.69. The molecular formula is C23H23ClN4OS2. The minimum Gasteiger partial charge on any atom is -0.271 e. The maximum absolute atomic E-state index is 13.6. The predicted molar refractivity (Wildman–Crippen MR) is 128 cm³/mol. The number of thiophene rings is 2. The van der Waals surface area contributed by atoms with Crippen LogP contribution < -0.4 is 0 Å². The minimum absolute atomic E-state index is 0.125. The summed E-state index contributed by atoms with van der Waals surface area (Å²) in [5, 5.41) is 15.5. The first-order valence-electron chi connectivity index (χ1n) is 10.5. The molecule has 0 N–H and O–H groups in total. The highest BCUT2D eigenvalue weighted by Crippen LogP contribution is 2.47. The van der Waals surface area contributed by atoms with E-state index in [1.54, 1.807) is 38.6 Å². The zero-order valence-electron chi connectivity index (χ0n) is 17.4. The second-order valence-corrected chi connectivity index (χ2v) is 10.5. The molecule has 4 heterocycles. The van der Waals surface area contributed by atoms with Crippen LogP contribution in [-0.2, 0) is 6.54 Å². The number of hydrazone groups is 1. The van der Waals surface area contributed by atoms with E-state index >= 15 is 0 Å². The van der Waals surface area contributed by atoms with Crippen molar-refractivity contribution in [1.82, 2.24) is 14.8 Å². The van der Waals surface area contributed by atoms with Crippen LogP contribution in [0.4, 0.5) is 0 Å². The first-order valence-corrected chi connectivity index (χ1v) is 12.6. The van der Waals surface area contributed by atoms with Crippen LogP contribution in [0.2, 0.25) is 5.02 Å². The molecule has 0 unspecified atom stereocenters. The number of nitrogens with zero attached hydrogens (tertiary/aromatic N) is 4. The fraction of sp³-hybridized carbons (Fsp3) is 0.348. The Morgan fingerprint density at radius 2 is 2.10 bits per heavy atom. The number of amides is 1. The van der Waals surface area contributed by atoms with Crippen LogP contribution in [0.5, 0.6) is 0 Å². The van der Waals surface area contributed by atoms with E-state index < -0.39 is 0 Å². The molecule has 3 aromatic rings. The number of halogens is 1. The van der Waals surface area contributed by atoms with Crippen molar-refractivity contribution in [3.63, 3.8) is 0 Å². The molecule has 0 spiro atoms. The van der Waals surface area contributed by atoms with Crippen molar-refractivity contribution in [3.05, 3.63) is 67.3 Å². The molecule has 1 fully saturated rings. The Hall–Kier alpha value is -2.22. The first kappa shape index (κ1) is 20.7. The molecule has 0 aromatic carbocycles. The van der Waals surface area contributed by atoms with Crippen LogP contribution in [0.25, 0.3) is 6.08 Å². The van der Waals surface area contributed by atoms with Gasteiger partial charge < -0.3 is 0 Å². The standard InChI is InChI=1S/C23H23ClN4OS2/c1-3-27-13-18(24)21(25-27)23(29)28-22(19-7-5-9-31-19)17-11-14(2)10-15(20(17)26-28)12-16-6-4-8-30-16/h4-9,12-14,17,22H,3,10-11H2,1-2H3/b15-12-/t14-,17-,22+/m0/s1. The van der Waals surface area contributed by atoms with Gasteiger partial charge in [0.1, 0.15) is 0 Å². The van der Waals surface area contributed by atoms with Crippen molar-refractivity contribution in [1.29, 1.82) is 0 Å². The van der Waals surface area contributed by atoms with E-state index in [2.05, 4.69) is 47.1 Å². The average molecular weight is 471 g/mol. The lowest BCUT2D eigenvalue weighted by atomic mass is 9.74. The lowest BCUT2D eigenvalue weighted by molar-refractivity contribution is 0.0673. The number of allylic oxidation sites excluding steroid dienone is 1. The van der Waals surface area contributed by atoms with Gasteiger partial charge in [-0.3, -0.25) is 9.48 Å². The molecular weight excluding hydrogens is 448 g/mol. The highest BCUT2D eigenvalue weighted by Gasteiger charge is 2.46. The van der Waals surface area contributed by atoms with Gasteiger partial charge in [-0.15, -0.1) is 22.7 Å². The number of fused-ring (bicyclic) bond motifs is 1. The Labute approximate surface area is 194 Å². The number of hydrogen-bond donors (Lipinski definition) is 0. The third-order valence-electron chi connectivity index (χ3n) is 5.91. The van der Waals surface area contributed by atoms with Crippen molar-refractivity contribution in [2.75, 3.05) is 0 Å². The molecule has 31 heavy (non-hydrogen) atoms. The molecule has 8 heteroatoms. The van der Waals surface area contributed by atoms with E-state index in [1.807, 2.05) is 13.0 Å². The molecule has 5 nitrogen and oxygen atoms in total. The van der Waals surface area contributed by atoms with Gasteiger partial charge in [0, 0.05) is 28.4 Å². The monoisotopic (exact) mass is 470 g/mol. The van der Waals surface area contributed by atoms with Crippen LogP contribution in [0.15, 0.2) is 51.9 Å². The van der Waals surface area contributed by atoms with Crippen LogP contribution in [0.1, 0.15) is 53.0 Å². The lowest BCUT2D eigenvalue weighted by Crippen LogP contribution is -2.33. The predicted octanol–water partition coefficient (Wildman–Crippen LogP) is 6.36. The smallest absolute Gasteiger partial charge is 0.271 e. The van der Waals surface area contributed by atoms with Crippen molar-refractivity contribution >= 4 is 52.0 Å². The molecule has 3 atom stereocenters. The van der Waals surface area contributed by atoms with Gasteiger partial charge in [0.05, 0.1) is 16.8 Å². The molecule has 1 aliphatic heterocycles. The first-order chi connectivity index (χ1) is 15.0. The third-order valence-corrected chi connectivity index (χ3v) is 7.95. The van der Waals surface area contributed by atoms with Gasteiger partial charge in [0.2, 0.25) is 0 Å². The number of carbonyl (C=O) groups excluding carboxylic acids is 1. The molecule has 160 valence electrons. The van der Waals surface area contributed by atoms with Gasteiger partial charge in [-0.2, -0.15) is 10.2 Å². The zero-order chi connectivity index (χ0) is 21.5. The summed E-state index contributed by atoms with van der Waals surface area (Å²) in [5.41, 5.74) is 2.53. The van der Waals surface area contributed by atoms with Gasteiger partial charge >= 0.3 is 0 Å². The fourth-order valence-electron chi connectivity index (χ4n) is 4.55. The van der Waals surface area contributed by atoms with Crippen LogP contribution in [0.3, 0.4) is 0 Å². The maximum Gasteiger partial charge on any atom is 0.296 e. The second-order valence-electron chi connectivity index (χ2n) is 8.11. The molecule has 1 aliphatic carbocycles. The number of aryl methyl sites for hydroxylation is 1. The molecule has 0 bridgehead atoms. The van der Waals surface area contributed by atoms with Gasteiger partial charge in [-0.25, -0.2) is 5.01 Å². The number of carbonyl (C=O) groups is 1. The second kappa shape index (κ2) is 8.37. The Bertz CT molecular complexity index is 1150. The Morgan fingerprint density at radius 1 is 1.29 bits per heavy atom. The van der Waals surface area contributed by atoms with Crippen LogP contribution in [0, 0.1) is 11.8 Å². The molecule has 1 amide bonds. The van der Waals surface area contributed by atoms with Gasteiger partial charge in [0.15, 0.2) is 5.69 Å². The molecule has 1 saturated carbocycles. The molecule has 0 saturated heterocycles. The highest BCUT2D eigenvalue weighted by molar-refractivity contribution is 7.11. The van der Waals surface area contributed by atoms with Crippen molar-refractivity contribution < 1.29 is 4.79 Å². The highest BCUT2D eigenvalue weighted by atomic mass is 35.5. The summed E-state index contributed by atoms with van der Waals surface area (Å²) in [6, 6.07) is 8.20. The Balaban J connectivity index is 1.59. The minimum atomic E-state index is -0.236. The van der Waals surface area contributed by atoms with Crippen LogP contribution >= 0.6 is 34.3 Å². The summed E-state index contributed by atoms with van der Waals surface area (Å²) in [5.74, 6) is 0.459. The van der Waals surface area contributed by atoms with E-state index in [4.69, 9.17) is 16.7 Å². The Kier molecular flexibility index (Phi) is 5.58. The van der Waals surface area contributed by atoms with Crippen molar-refractivity contribution in [3.8, 4) is 0 Å². The largest absolute Gasteiger partial charge is 0.296 e. The van der Waals surface area contributed by atoms with Gasteiger partial charge in [-0.1, -0.05) is 30.7 Å². The van der Waals surface area contributed by atoms with Crippen molar-refractivity contribution in [2.45, 2.75) is 39.3 Å². The summed E-state index contributed by atoms with van der Waals surface area (Å²) in [7, 11) is 0. The van der Waals surface area contributed by atoms with E-state index in [9.17, 15) is 4.79 Å². The Morgan fingerprint density at radius 3 is 2.77 bits per heavy atom. The summed E-state index contributed by atoms with van der Waals surface area (Å²) in [4.78, 5) is 16.0. The zero-order valence-corrected chi connectivity index (χ0v) is 19.8. The third kappa shape index (κ3) is 3.79. The van der Waals surface area contributed by atoms with Gasteiger partial charge in [0.25, 0.3) is 5.91 Å². The summed E-state index contributed by atoms with van der Waals surface area (Å²) in [6.07, 6.45) is 5.92. The number of aromatic nitrogens is 2. The SMILES string of the molecule is CCn1cc(Cl)c(C(=O)N2N=C3/C(=C\c4cccs4)C[C@H](C)C[C@@H]3[C@@H]2c2cccs2)n1.